The number of fused-ring (bicyclic) bond motifs is 1. The Morgan fingerprint density at radius 1 is 1.21 bits per heavy atom. The average molecular weight is 387 g/mol. The Bertz CT molecular complexity index is 706. The van der Waals surface area contributed by atoms with Gasteiger partial charge in [0.1, 0.15) is 0 Å². The molecule has 28 heavy (non-hydrogen) atoms. The molecular formula is C23H38N4O. The van der Waals surface area contributed by atoms with Crippen LogP contribution in [0.3, 0.4) is 0 Å². The van der Waals surface area contributed by atoms with Crippen molar-refractivity contribution in [3.05, 3.63) is 29.1 Å². The molecule has 3 heterocycles. The number of aryl methyl sites for hydroxylation is 1. The summed E-state index contributed by atoms with van der Waals surface area (Å²) < 4.78 is 2.01. The topological polar surface area (TPSA) is 41.4 Å². The summed E-state index contributed by atoms with van der Waals surface area (Å²) in [6.07, 6.45) is 7.90. The molecule has 2 saturated heterocycles. The van der Waals surface area contributed by atoms with Crippen LogP contribution in [0.4, 0.5) is 0 Å². The minimum atomic E-state index is 0.263. The van der Waals surface area contributed by atoms with Crippen LogP contribution in [0.5, 0.6) is 0 Å². The zero-order valence-electron chi connectivity index (χ0n) is 18.3. The van der Waals surface area contributed by atoms with Crippen LogP contribution in [0.15, 0.2) is 12.2 Å². The molecule has 0 bridgehead atoms. The molecule has 0 radical (unpaired) electrons. The van der Waals surface area contributed by atoms with Gasteiger partial charge in [-0.2, -0.15) is 5.10 Å². The van der Waals surface area contributed by atoms with Crippen LogP contribution in [-0.4, -0.2) is 58.2 Å². The van der Waals surface area contributed by atoms with Crippen molar-refractivity contribution in [2.45, 2.75) is 78.3 Å². The van der Waals surface area contributed by atoms with E-state index in [1.807, 2.05) is 30.5 Å². The predicted molar refractivity (Wildman–Crippen MR) is 114 cm³/mol. The van der Waals surface area contributed by atoms with Gasteiger partial charge in [-0.3, -0.25) is 9.48 Å². The number of hydrogen-bond donors (Lipinski definition) is 0. The highest BCUT2D eigenvalue weighted by atomic mass is 16.2. The summed E-state index contributed by atoms with van der Waals surface area (Å²) in [7, 11) is 1.99. The van der Waals surface area contributed by atoms with E-state index in [9.17, 15) is 4.79 Å². The van der Waals surface area contributed by atoms with E-state index in [4.69, 9.17) is 0 Å². The van der Waals surface area contributed by atoms with Crippen molar-refractivity contribution in [1.82, 2.24) is 19.6 Å². The zero-order valence-corrected chi connectivity index (χ0v) is 18.3. The van der Waals surface area contributed by atoms with E-state index in [1.165, 1.54) is 56.5 Å². The van der Waals surface area contributed by atoms with Gasteiger partial charge in [-0.05, 0) is 77.4 Å². The molecule has 2 aliphatic heterocycles. The van der Waals surface area contributed by atoms with Gasteiger partial charge in [-0.25, -0.2) is 0 Å². The quantitative estimate of drug-likeness (QED) is 0.671. The SMILES string of the molecule is C=C(C)Cn1nc(C)c(CCC(=O)N(C)C[C@@H]2CCCN3CCCC[C@H]23)c1C. The summed E-state index contributed by atoms with van der Waals surface area (Å²) in [5, 5.41) is 4.64. The van der Waals surface area contributed by atoms with Crippen LogP contribution in [0, 0.1) is 19.8 Å². The molecule has 5 nitrogen and oxygen atoms in total. The lowest BCUT2D eigenvalue weighted by Gasteiger charge is -2.45. The predicted octanol–water partition coefficient (Wildman–Crippen LogP) is 3.73. The second-order valence-electron chi connectivity index (χ2n) is 9.04. The Hall–Kier alpha value is -1.62. The number of aromatic nitrogens is 2. The molecule has 156 valence electrons. The summed E-state index contributed by atoms with van der Waals surface area (Å²) in [6, 6.07) is 0.697. The fourth-order valence-electron chi connectivity index (χ4n) is 5.17. The molecule has 2 atom stereocenters. The summed E-state index contributed by atoms with van der Waals surface area (Å²) in [4.78, 5) is 17.5. The van der Waals surface area contributed by atoms with Crippen LogP contribution in [0.2, 0.25) is 0 Å². The lowest BCUT2D eigenvalue weighted by molar-refractivity contribution is -0.131. The molecule has 0 aliphatic carbocycles. The van der Waals surface area contributed by atoms with Crippen LogP contribution < -0.4 is 0 Å². The Balaban J connectivity index is 1.55. The van der Waals surface area contributed by atoms with Crippen LogP contribution in [-0.2, 0) is 17.8 Å². The van der Waals surface area contributed by atoms with Gasteiger partial charge in [-0.15, -0.1) is 0 Å². The molecule has 0 saturated carbocycles. The highest BCUT2D eigenvalue weighted by molar-refractivity contribution is 5.76. The van der Waals surface area contributed by atoms with Crippen molar-refractivity contribution in [2.24, 2.45) is 5.92 Å². The highest BCUT2D eigenvalue weighted by Gasteiger charge is 2.34. The Morgan fingerprint density at radius 3 is 2.71 bits per heavy atom. The molecule has 3 rings (SSSR count). The fraction of sp³-hybridized carbons (Fsp3) is 0.739. The van der Waals surface area contributed by atoms with Crippen LogP contribution in [0.1, 0.15) is 62.4 Å². The van der Waals surface area contributed by atoms with Crippen LogP contribution in [0.25, 0.3) is 0 Å². The maximum atomic E-state index is 12.8. The minimum Gasteiger partial charge on any atom is -0.345 e. The van der Waals surface area contributed by atoms with Crippen LogP contribution >= 0.6 is 0 Å². The number of piperidine rings is 2. The van der Waals surface area contributed by atoms with E-state index in [1.54, 1.807) is 0 Å². The van der Waals surface area contributed by atoms with E-state index in [-0.39, 0.29) is 5.91 Å². The van der Waals surface area contributed by atoms with Gasteiger partial charge in [0, 0.05) is 31.7 Å². The number of carbonyl (C=O) groups is 1. The second-order valence-corrected chi connectivity index (χ2v) is 9.04. The van der Waals surface area contributed by atoms with Gasteiger partial charge in [0.05, 0.1) is 12.2 Å². The molecule has 2 aliphatic rings. The van der Waals surface area contributed by atoms with Gasteiger partial charge in [-0.1, -0.05) is 18.6 Å². The molecule has 1 aromatic heterocycles. The first kappa shape index (κ1) is 21.1. The summed E-state index contributed by atoms with van der Waals surface area (Å²) in [5.41, 5.74) is 4.52. The molecule has 0 aromatic carbocycles. The van der Waals surface area contributed by atoms with E-state index in [2.05, 4.69) is 23.5 Å². The molecule has 0 spiro atoms. The Kier molecular flexibility index (Phi) is 6.97. The monoisotopic (exact) mass is 386 g/mol. The van der Waals surface area contributed by atoms with Crippen molar-refractivity contribution in [2.75, 3.05) is 26.7 Å². The third-order valence-corrected chi connectivity index (χ3v) is 6.70. The van der Waals surface area contributed by atoms with Crippen molar-refractivity contribution in [3.63, 3.8) is 0 Å². The number of hydrogen-bond acceptors (Lipinski definition) is 3. The highest BCUT2D eigenvalue weighted by Crippen LogP contribution is 2.31. The lowest BCUT2D eigenvalue weighted by Crippen LogP contribution is -2.51. The Labute approximate surface area is 170 Å². The summed E-state index contributed by atoms with van der Waals surface area (Å²) in [6.45, 7) is 14.3. The normalized spacial score (nSPS) is 22.7. The molecule has 1 amide bonds. The van der Waals surface area contributed by atoms with Gasteiger partial charge in [0.2, 0.25) is 5.91 Å². The molecule has 2 fully saturated rings. The molecular weight excluding hydrogens is 348 g/mol. The maximum Gasteiger partial charge on any atom is 0.222 e. The smallest absolute Gasteiger partial charge is 0.222 e. The first-order valence-electron chi connectivity index (χ1n) is 11.0. The van der Waals surface area contributed by atoms with E-state index >= 15 is 0 Å². The van der Waals surface area contributed by atoms with E-state index in [0.29, 0.717) is 18.4 Å². The fourth-order valence-corrected chi connectivity index (χ4v) is 5.17. The standard InChI is InChI=1S/C23H38N4O/c1-17(2)15-27-19(4)21(18(3)24-27)11-12-23(28)25(5)16-20-9-8-14-26-13-7-6-10-22(20)26/h20,22H,1,6-16H2,2-5H3/t20-,22+/m0/s1. The number of carbonyl (C=O) groups excluding carboxylic acids is 1. The first-order valence-corrected chi connectivity index (χ1v) is 11.0. The maximum absolute atomic E-state index is 12.8. The Morgan fingerprint density at radius 2 is 1.96 bits per heavy atom. The van der Waals surface area contributed by atoms with Crippen molar-refractivity contribution in [3.8, 4) is 0 Å². The third kappa shape index (κ3) is 4.86. The third-order valence-electron chi connectivity index (χ3n) is 6.70. The minimum absolute atomic E-state index is 0.263. The largest absolute Gasteiger partial charge is 0.345 e. The van der Waals surface area contributed by atoms with Crippen molar-refractivity contribution >= 4 is 5.91 Å². The summed E-state index contributed by atoms with van der Waals surface area (Å²) in [5.74, 6) is 0.907. The molecule has 0 N–H and O–H groups in total. The first-order chi connectivity index (χ1) is 13.4. The van der Waals surface area contributed by atoms with E-state index in [0.717, 1.165) is 30.8 Å². The lowest BCUT2D eigenvalue weighted by atomic mass is 9.83. The van der Waals surface area contributed by atoms with E-state index < -0.39 is 0 Å². The number of nitrogens with zero attached hydrogens (tertiary/aromatic N) is 4. The number of allylic oxidation sites excluding steroid dienone is 1. The van der Waals surface area contributed by atoms with Gasteiger partial charge >= 0.3 is 0 Å². The molecule has 0 unspecified atom stereocenters. The average Bonchev–Trinajstić information content (AvgIpc) is 2.92. The summed E-state index contributed by atoms with van der Waals surface area (Å²) >= 11 is 0. The number of rotatable bonds is 7. The molecule has 5 heteroatoms. The zero-order chi connectivity index (χ0) is 20.3. The second kappa shape index (κ2) is 9.25. The van der Waals surface area contributed by atoms with Crippen molar-refractivity contribution in [1.29, 1.82) is 0 Å². The van der Waals surface area contributed by atoms with Crippen molar-refractivity contribution < 1.29 is 4.79 Å². The number of amides is 1. The van der Waals surface area contributed by atoms with Gasteiger partial charge in [0.25, 0.3) is 0 Å². The van der Waals surface area contributed by atoms with Gasteiger partial charge in [0.15, 0.2) is 0 Å². The van der Waals surface area contributed by atoms with Gasteiger partial charge < -0.3 is 9.80 Å². The molecule has 1 aromatic rings.